The first-order valence-corrected chi connectivity index (χ1v) is 4.72. The number of rotatable bonds is 3. The standard InChI is InChI=1S/C11H14N2O.ClH/c12-9(7-14)6-8-2-1-3-11-10(8)4-5-13-11;/h1-5,9,13-14H,6-7,12H2;1H. The van der Waals surface area contributed by atoms with E-state index in [4.69, 9.17) is 10.8 Å². The molecule has 0 aliphatic rings. The van der Waals surface area contributed by atoms with E-state index in [1.54, 1.807) is 0 Å². The first kappa shape index (κ1) is 12.0. The Labute approximate surface area is 94.7 Å². The topological polar surface area (TPSA) is 62.0 Å². The van der Waals surface area contributed by atoms with Gasteiger partial charge in [-0.15, -0.1) is 12.4 Å². The lowest BCUT2D eigenvalue weighted by atomic mass is 10.0. The van der Waals surface area contributed by atoms with E-state index in [1.165, 1.54) is 10.9 Å². The molecule has 1 aromatic heterocycles. The highest BCUT2D eigenvalue weighted by Crippen LogP contribution is 2.18. The Kier molecular flexibility index (Phi) is 4.15. The van der Waals surface area contributed by atoms with Gasteiger partial charge in [-0.1, -0.05) is 12.1 Å². The first-order chi connectivity index (χ1) is 6.81. The molecule has 0 spiro atoms. The van der Waals surface area contributed by atoms with Crippen LogP contribution in [-0.4, -0.2) is 22.7 Å². The third-order valence-corrected chi connectivity index (χ3v) is 2.40. The zero-order chi connectivity index (χ0) is 9.97. The van der Waals surface area contributed by atoms with E-state index in [2.05, 4.69) is 4.98 Å². The normalized spacial score (nSPS) is 12.4. The molecule has 0 radical (unpaired) electrons. The molecule has 82 valence electrons. The van der Waals surface area contributed by atoms with Crippen LogP contribution in [0.15, 0.2) is 30.5 Å². The molecule has 15 heavy (non-hydrogen) atoms. The Hall–Kier alpha value is -1.03. The maximum atomic E-state index is 8.89. The SMILES string of the molecule is Cl.NC(CO)Cc1cccc2[nH]ccc12. The fraction of sp³-hybridized carbons (Fsp3) is 0.273. The molecule has 2 aromatic rings. The Balaban J connectivity index is 0.00000112. The van der Waals surface area contributed by atoms with Crippen molar-refractivity contribution in [2.45, 2.75) is 12.5 Å². The fourth-order valence-corrected chi connectivity index (χ4v) is 1.68. The van der Waals surface area contributed by atoms with Crippen LogP contribution in [0.3, 0.4) is 0 Å². The number of aromatic amines is 1. The van der Waals surface area contributed by atoms with Crippen LogP contribution in [0, 0.1) is 0 Å². The second kappa shape index (κ2) is 5.16. The van der Waals surface area contributed by atoms with Gasteiger partial charge in [0.2, 0.25) is 0 Å². The van der Waals surface area contributed by atoms with Gasteiger partial charge >= 0.3 is 0 Å². The Morgan fingerprint density at radius 2 is 2.13 bits per heavy atom. The van der Waals surface area contributed by atoms with E-state index in [-0.39, 0.29) is 25.1 Å². The van der Waals surface area contributed by atoms with E-state index in [0.717, 1.165) is 5.52 Å². The summed E-state index contributed by atoms with van der Waals surface area (Å²) < 4.78 is 0. The Morgan fingerprint density at radius 3 is 2.87 bits per heavy atom. The molecule has 1 heterocycles. The number of halogens is 1. The molecule has 2 rings (SSSR count). The summed E-state index contributed by atoms with van der Waals surface area (Å²) in [6.07, 6.45) is 2.63. The summed E-state index contributed by atoms with van der Waals surface area (Å²) >= 11 is 0. The van der Waals surface area contributed by atoms with Gasteiger partial charge in [0.1, 0.15) is 0 Å². The van der Waals surface area contributed by atoms with Gasteiger partial charge in [-0.05, 0) is 24.1 Å². The van der Waals surface area contributed by atoms with Gasteiger partial charge in [-0.25, -0.2) is 0 Å². The van der Waals surface area contributed by atoms with Crippen LogP contribution < -0.4 is 5.73 Å². The van der Waals surface area contributed by atoms with Gasteiger partial charge in [-0.2, -0.15) is 0 Å². The van der Waals surface area contributed by atoms with Gasteiger partial charge in [0.05, 0.1) is 6.61 Å². The largest absolute Gasteiger partial charge is 0.395 e. The third-order valence-electron chi connectivity index (χ3n) is 2.40. The van der Waals surface area contributed by atoms with Crippen molar-refractivity contribution in [2.24, 2.45) is 5.73 Å². The maximum Gasteiger partial charge on any atom is 0.0585 e. The highest BCUT2D eigenvalue weighted by Gasteiger charge is 2.05. The summed E-state index contributed by atoms with van der Waals surface area (Å²) in [6, 6.07) is 7.94. The van der Waals surface area contributed by atoms with Crippen molar-refractivity contribution in [3.05, 3.63) is 36.0 Å². The zero-order valence-corrected chi connectivity index (χ0v) is 9.13. The minimum Gasteiger partial charge on any atom is -0.395 e. The maximum absolute atomic E-state index is 8.89. The van der Waals surface area contributed by atoms with Crippen molar-refractivity contribution in [3.8, 4) is 0 Å². The monoisotopic (exact) mass is 226 g/mol. The average Bonchev–Trinajstić information content (AvgIpc) is 2.66. The summed E-state index contributed by atoms with van der Waals surface area (Å²) in [6.45, 7) is 0.0286. The minimum atomic E-state index is -0.171. The lowest BCUT2D eigenvalue weighted by Gasteiger charge is -2.08. The lowest BCUT2D eigenvalue weighted by Crippen LogP contribution is -2.26. The summed E-state index contributed by atoms with van der Waals surface area (Å²) in [4.78, 5) is 3.15. The van der Waals surface area contributed by atoms with Crippen LogP contribution >= 0.6 is 12.4 Å². The fourth-order valence-electron chi connectivity index (χ4n) is 1.68. The highest BCUT2D eigenvalue weighted by atomic mass is 35.5. The van der Waals surface area contributed by atoms with Crippen molar-refractivity contribution in [3.63, 3.8) is 0 Å². The summed E-state index contributed by atoms with van der Waals surface area (Å²) in [7, 11) is 0. The molecule has 0 aliphatic carbocycles. The summed E-state index contributed by atoms with van der Waals surface area (Å²) in [5.41, 5.74) is 8.01. The number of nitrogens with one attached hydrogen (secondary N) is 1. The second-order valence-electron chi connectivity index (χ2n) is 3.50. The highest BCUT2D eigenvalue weighted by molar-refractivity contribution is 5.85. The molecule has 0 saturated carbocycles. The van der Waals surface area contributed by atoms with Gasteiger partial charge in [0.25, 0.3) is 0 Å². The first-order valence-electron chi connectivity index (χ1n) is 4.72. The predicted octanol–water partition coefficient (Wildman–Crippen LogP) is 1.45. The van der Waals surface area contributed by atoms with Crippen molar-refractivity contribution < 1.29 is 5.11 Å². The number of aliphatic hydroxyl groups excluding tert-OH is 1. The van der Waals surface area contributed by atoms with Crippen molar-refractivity contribution in [2.75, 3.05) is 6.61 Å². The number of benzene rings is 1. The van der Waals surface area contributed by atoms with Crippen molar-refractivity contribution in [1.82, 2.24) is 4.98 Å². The number of hydrogen-bond donors (Lipinski definition) is 3. The molecule has 4 heteroatoms. The summed E-state index contributed by atoms with van der Waals surface area (Å²) in [5.74, 6) is 0. The third kappa shape index (κ3) is 2.50. The molecule has 1 unspecified atom stereocenters. The Morgan fingerprint density at radius 1 is 1.33 bits per heavy atom. The molecular weight excluding hydrogens is 212 g/mol. The van der Waals surface area contributed by atoms with E-state index in [9.17, 15) is 0 Å². The molecule has 0 bridgehead atoms. The van der Waals surface area contributed by atoms with Crippen LogP contribution in [0.25, 0.3) is 10.9 Å². The van der Waals surface area contributed by atoms with E-state index in [1.807, 2.05) is 30.5 Å². The van der Waals surface area contributed by atoms with Gasteiger partial charge in [0, 0.05) is 23.1 Å². The van der Waals surface area contributed by atoms with Crippen LogP contribution in [0.5, 0.6) is 0 Å². The number of aromatic nitrogens is 1. The van der Waals surface area contributed by atoms with Crippen molar-refractivity contribution >= 4 is 23.3 Å². The number of nitrogens with two attached hydrogens (primary N) is 1. The van der Waals surface area contributed by atoms with Crippen LogP contribution in [0.2, 0.25) is 0 Å². The Bertz CT molecular complexity index is 427. The molecule has 1 aromatic carbocycles. The number of hydrogen-bond acceptors (Lipinski definition) is 2. The molecular formula is C11H15ClN2O. The van der Waals surface area contributed by atoms with E-state index < -0.39 is 0 Å². The van der Waals surface area contributed by atoms with Crippen molar-refractivity contribution in [1.29, 1.82) is 0 Å². The van der Waals surface area contributed by atoms with Gasteiger partial charge < -0.3 is 15.8 Å². The zero-order valence-electron chi connectivity index (χ0n) is 8.31. The van der Waals surface area contributed by atoms with Gasteiger partial charge in [-0.3, -0.25) is 0 Å². The number of H-pyrrole nitrogens is 1. The van der Waals surface area contributed by atoms with E-state index in [0.29, 0.717) is 6.42 Å². The number of aliphatic hydroxyl groups is 1. The molecule has 0 fully saturated rings. The quantitative estimate of drug-likeness (QED) is 0.742. The molecule has 1 atom stereocenters. The predicted molar refractivity (Wildman–Crippen MR) is 64.3 cm³/mol. The van der Waals surface area contributed by atoms with Crippen LogP contribution in [0.1, 0.15) is 5.56 Å². The van der Waals surface area contributed by atoms with Crippen LogP contribution in [0.4, 0.5) is 0 Å². The van der Waals surface area contributed by atoms with Crippen LogP contribution in [-0.2, 0) is 6.42 Å². The van der Waals surface area contributed by atoms with E-state index >= 15 is 0 Å². The smallest absolute Gasteiger partial charge is 0.0585 e. The number of fused-ring (bicyclic) bond motifs is 1. The average molecular weight is 227 g/mol. The second-order valence-corrected chi connectivity index (χ2v) is 3.50. The molecule has 0 aliphatic heterocycles. The molecule has 3 nitrogen and oxygen atoms in total. The summed E-state index contributed by atoms with van der Waals surface area (Å²) in [5, 5.41) is 10.1. The molecule has 4 N–H and O–H groups in total. The lowest BCUT2D eigenvalue weighted by molar-refractivity contribution is 0.265. The molecule has 0 saturated heterocycles. The minimum absolute atomic E-state index is 0. The molecule has 0 amide bonds. The van der Waals surface area contributed by atoms with Gasteiger partial charge in [0.15, 0.2) is 0 Å².